The molecule has 0 amide bonds. The molecule has 0 saturated carbocycles. The van der Waals surface area contributed by atoms with Crippen LogP contribution in [0.15, 0.2) is 39.8 Å². The molecule has 0 radical (unpaired) electrons. The fourth-order valence-corrected chi connectivity index (χ4v) is 5.13. The van der Waals surface area contributed by atoms with Crippen molar-refractivity contribution in [3.8, 4) is 0 Å². The molecule has 0 unspecified atom stereocenters. The van der Waals surface area contributed by atoms with Crippen molar-refractivity contribution >= 4 is 10.0 Å². The van der Waals surface area contributed by atoms with Gasteiger partial charge in [-0.25, -0.2) is 8.42 Å². The van der Waals surface area contributed by atoms with Crippen molar-refractivity contribution in [2.24, 2.45) is 5.92 Å². The quantitative estimate of drug-likeness (QED) is 0.743. The Balaban J connectivity index is 1.85. The SMILES string of the molecule is CC(C)Cc1ccc(S(=O)(=O)N2CCC[C@H]2c2cc(C(C)C)on2)cc1. The van der Waals surface area contributed by atoms with Crippen LogP contribution in [0.3, 0.4) is 0 Å². The third-order valence-corrected chi connectivity index (χ3v) is 6.76. The predicted octanol–water partition coefficient (Wildman–Crippen LogP) is 4.52. The van der Waals surface area contributed by atoms with Gasteiger partial charge in [0.15, 0.2) is 0 Å². The van der Waals surface area contributed by atoms with Gasteiger partial charge in [-0.3, -0.25) is 0 Å². The van der Waals surface area contributed by atoms with Crippen molar-refractivity contribution in [1.29, 1.82) is 0 Å². The van der Waals surface area contributed by atoms with E-state index in [0.717, 1.165) is 30.6 Å². The molecule has 1 atom stereocenters. The second-order valence-electron chi connectivity index (χ2n) is 7.82. The highest BCUT2D eigenvalue weighted by Crippen LogP contribution is 2.37. The summed E-state index contributed by atoms with van der Waals surface area (Å²) in [5.41, 5.74) is 1.88. The van der Waals surface area contributed by atoms with E-state index in [-0.39, 0.29) is 12.0 Å². The van der Waals surface area contributed by atoms with E-state index < -0.39 is 10.0 Å². The van der Waals surface area contributed by atoms with Crippen LogP contribution in [0.1, 0.15) is 69.5 Å². The molecule has 6 heteroatoms. The minimum atomic E-state index is -3.54. The van der Waals surface area contributed by atoms with Gasteiger partial charge < -0.3 is 4.52 Å². The van der Waals surface area contributed by atoms with E-state index >= 15 is 0 Å². The first-order valence-electron chi connectivity index (χ1n) is 9.36. The van der Waals surface area contributed by atoms with Gasteiger partial charge >= 0.3 is 0 Å². The Morgan fingerprint density at radius 3 is 2.46 bits per heavy atom. The van der Waals surface area contributed by atoms with Crippen molar-refractivity contribution in [2.45, 2.75) is 63.8 Å². The number of nitrogens with zero attached hydrogens (tertiary/aromatic N) is 2. The highest BCUT2D eigenvalue weighted by atomic mass is 32.2. The van der Waals surface area contributed by atoms with Crippen molar-refractivity contribution in [3.63, 3.8) is 0 Å². The average Bonchev–Trinajstić information content (AvgIpc) is 3.24. The van der Waals surface area contributed by atoms with Crippen LogP contribution in [0.2, 0.25) is 0 Å². The summed E-state index contributed by atoms with van der Waals surface area (Å²) in [4.78, 5) is 0.351. The van der Waals surface area contributed by atoms with Gasteiger partial charge in [-0.15, -0.1) is 0 Å². The van der Waals surface area contributed by atoms with Crippen LogP contribution >= 0.6 is 0 Å². The van der Waals surface area contributed by atoms with Crippen LogP contribution in [0, 0.1) is 5.92 Å². The number of hydrogen-bond acceptors (Lipinski definition) is 4. The van der Waals surface area contributed by atoms with E-state index in [1.807, 2.05) is 32.0 Å². The van der Waals surface area contributed by atoms with Gasteiger partial charge in [0.25, 0.3) is 0 Å². The standard InChI is InChI=1S/C20H28N2O3S/c1-14(2)12-16-7-9-17(10-8-16)26(23,24)22-11-5-6-19(22)18-13-20(15(3)4)25-21-18/h7-10,13-15,19H,5-6,11-12H2,1-4H3/t19-/m0/s1. The summed E-state index contributed by atoms with van der Waals surface area (Å²) in [6.07, 6.45) is 2.55. The zero-order valence-corrected chi connectivity index (χ0v) is 16.8. The first kappa shape index (κ1) is 19.1. The molecule has 0 spiro atoms. The van der Waals surface area contributed by atoms with Gasteiger partial charge in [0.1, 0.15) is 11.5 Å². The highest BCUT2D eigenvalue weighted by molar-refractivity contribution is 7.89. The summed E-state index contributed by atoms with van der Waals surface area (Å²) in [5, 5.41) is 4.14. The van der Waals surface area contributed by atoms with Gasteiger partial charge in [-0.05, 0) is 42.9 Å². The minimum Gasteiger partial charge on any atom is -0.361 e. The second kappa shape index (κ2) is 7.53. The lowest BCUT2D eigenvalue weighted by molar-refractivity contribution is 0.338. The van der Waals surface area contributed by atoms with E-state index in [0.29, 0.717) is 23.1 Å². The molecule has 5 nitrogen and oxygen atoms in total. The summed E-state index contributed by atoms with van der Waals surface area (Å²) in [5.74, 6) is 1.57. The normalized spacial score (nSPS) is 18.9. The minimum absolute atomic E-state index is 0.233. The van der Waals surface area contributed by atoms with Crippen molar-refractivity contribution < 1.29 is 12.9 Å². The molecule has 3 rings (SSSR count). The smallest absolute Gasteiger partial charge is 0.243 e. The fraction of sp³-hybridized carbons (Fsp3) is 0.550. The Kier molecular flexibility index (Phi) is 5.53. The van der Waals surface area contributed by atoms with E-state index in [1.54, 1.807) is 16.4 Å². The van der Waals surface area contributed by atoms with Crippen LogP contribution in [0.5, 0.6) is 0 Å². The van der Waals surface area contributed by atoms with Gasteiger partial charge in [0.2, 0.25) is 10.0 Å². The van der Waals surface area contributed by atoms with Crippen LogP contribution in [-0.4, -0.2) is 24.4 Å². The molecule has 2 aromatic rings. The van der Waals surface area contributed by atoms with E-state index in [9.17, 15) is 8.42 Å². The van der Waals surface area contributed by atoms with Gasteiger partial charge in [-0.2, -0.15) is 4.31 Å². The zero-order chi connectivity index (χ0) is 18.9. The molecule has 1 aliphatic rings. The number of aromatic nitrogens is 1. The Labute approximate surface area is 156 Å². The van der Waals surface area contributed by atoms with E-state index in [2.05, 4.69) is 19.0 Å². The molecule has 26 heavy (non-hydrogen) atoms. The molecule has 0 aliphatic carbocycles. The summed E-state index contributed by atoms with van der Waals surface area (Å²) < 4.78 is 33.3. The van der Waals surface area contributed by atoms with Crippen LogP contribution in [-0.2, 0) is 16.4 Å². The topological polar surface area (TPSA) is 63.4 Å². The molecule has 1 aromatic carbocycles. The Hall–Kier alpha value is -1.66. The Morgan fingerprint density at radius 2 is 1.88 bits per heavy atom. The Morgan fingerprint density at radius 1 is 1.19 bits per heavy atom. The number of hydrogen-bond donors (Lipinski definition) is 0. The Bertz CT molecular complexity index is 838. The monoisotopic (exact) mass is 376 g/mol. The lowest BCUT2D eigenvalue weighted by atomic mass is 10.0. The molecule has 1 saturated heterocycles. The number of benzene rings is 1. The van der Waals surface area contributed by atoms with Crippen molar-refractivity contribution in [1.82, 2.24) is 9.46 Å². The third kappa shape index (κ3) is 3.86. The highest BCUT2D eigenvalue weighted by Gasteiger charge is 2.38. The lowest BCUT2D eigenvalue weighted by Crippen LogP contribution is -2.30. The van der Waals surface area contributed by atoms with E-state index in [1.165, 1.54) is 0 Å². The predicted molar refractivity (Wildman–Crippen MR) is 101 cm³/mol. The third-order valence-electron chi connectivity index (χ3n) is 4.83. The first-order valence-corrected chi connectivity index (χ1v) is 10.8. The second-order valence-corrected chi connectivity index (χ2v) is 9.72. The molecule has 0 N–H and O–H groups in total. The molecule has 1 aromatic heterocycles. The maximum absolute atomic E-state index is 13.2. The van der Waals surface area contributed by atoms with E-state index in [4.69, 9.17) is 4.52 Å². The molecule has 0 bridgehead atoms. The van der Waals surface area contributed by atoms with Gasteiger partial charge in [0.05, 0.1) is 10.9 Å². The molecule has 2 heterocycles. The summed E-state index contributed by atoms with van der Waals surface area (Å²) in [7, 11) is -3.54. The molecule has 142 valence electrons. The average molecular weight is 377 g/mol. The first-order chi connectivity index (χ1) is 12.3. The fourth-order valence-electron chi connectivity index (χ4n) is 3.46. The van der Waals surface area contributed by atoms with Crippen LogP contribution in [0.4, 0.5) is 0 Å². The van der Waals surface area contributed by atoms with Crippen molar-refractivity contribution in [2.75, 3.05) is 6.54 Å². The van der Waals surface area contributed by atoms with Crippen LogP contribution in [0.25, 0.3) is 0 Å². The molecular weight excluding hydrogens is 348 g/mol. The summed E-state index contributed by atoms with van der Waals surface area (Å²) >= 11 is 0. The van der Waals surface area contributed by atoms with Gasteiger partial charge in [-0.1, -0.05) is 45.0 Å². The summed E-state index contributed by atoms with van der Waals surface area (Å²) in [6.45, 7) is 8.90. The lowest BCUT2D eigenvalue weighted by Gasteiger charge is -2.22. The number of rotatable bonds is 6. The van der Waals surface area contributed by atoms with Crippen molar-refractivity contribution in [3.05, 3.63) is 47.3 Å². The molecular formula is C20H28N2O3S. The van der Waals surface area contributed by atoms with Crippen LogP contribution < -0.4 is 0 Å². The molecule has 1 fully saturated rings. The largest absolute Gasteiger partial charge is 0.361 e. The maximum atomic E-state index is 13.2. The molecule has 1 aliphatic heterocycles. The maximum Gasteiger partial charge on any atom is 0.243 e. The van der Waals surface area contributed by atoms with Gasteiger partial charge in [0, 0.05) is 18.5 Å². The zero-order valence-electron chi connectivity index (χ0n) is 16.0. The number of sulfonamides is 1. The summed E-state index contributed by atoms with van der Waals surface area (Å²) in [6, 6.07) is 8.95.